The highest BCUT2D eigenvalue weighted by Crippen LogP contribution is 2.14. The Hall–Kier alpha value is -2.62. The summed E-state index contributed by atoms with van der Waals surface area (Å²) in [6, 6.07) is 15.1. The van der Waals surface area contributed by atoms with Gasteiger partial charge in [-0.1, -0.05) is 62.4 Å². The molecule has 2 amide bonds. The minimum Gasteiger partial charge on any atom is -0.467 e. The number of methoxy groups -OCH3 is 1. The second-order valence-corrected chi connectivity index (χ2v) is 8.47. The van der Waals surface area contributed by atoms with Crippen molar-refractivity contribution in [3.8, 4) is 0 Å². The number of carbonyl (C=O) groups excluding carboxylic acids is 3. The van der Waals surface area contributed by atoms with Gasteiger partial charge >= 0.3 is 12.1 Å². The van der Waals surface area contributed by atoms with Crippen LogP contribution in [0.25, 0.3) is 0 Å². The highest BCUT2D eigenvalue weighted by molar-refractivity contribution is 14.1. The molecule has 31 heavy (non-hydrogen) atoms. The van der Waals surface area contributed by atoms with E-state index in [4.69, 9.17) is 9.47 Å². The fraction of sp³-hybridized carbons (Fsp3) is 0.348. The van der Waals surface area contributed by atoms with Crippen molar-refractivity contribution in [3.05, 3.63) is 69.3 Å². The standard InChI is InChI=1S/C23H27IN2O5/c1-15(2)20(26-23(29)31-14-16-9-5-4-6-10-16)21(27)25-19(22(28)30-3)13-17-11-7-8-12-18(17)24/h4-12,15,19-20H,13-14H2,1-3H3,(H,25,27)(H,26,29)/t19-,20-/m0/s1. The van der Waals surface area contributed by atoms with E-state index in [1.54, 1.807) is 13.8 Å². The van der Waals surface area contributed by atoms with Gasteiger partial charge in [-0.15, -0.1) is 0 Å². The molecule has 2 aromatic rings. The maximum Gasteiger partial charge on any atom is 0.408 e. The monoisotopic (exact) mass is 538 g/mol. The predicted molar refractivity (Wildman–Crippen MR) is 125 cm³/mol. The van der Waals surface area contributed by atoms with E-state index in [-0.39, 0.29) is 18.9 Å². The summed E-state index contributed by atoms with van der Waals surface area (Å²) >= 11 is 2.18. The second-order valence-electron chi connectivity index (χ2n) is 7.31. The van der Waals surface area contributed by atoms with Gasteiger partial charge in [0.1, 0.15) is 18.7 Å². The van der Waals surface area contributed by atoms with E-state index < -0.39 is 30.1 Å². The van der Waals surface area contributed by atoms with Crippen LogP contribution in [0.2, 0.25) is 0 Å². The second kappa shape index (κ2) is 12.3. The van der Waals surface area contributed by atoms with Gasteiger partial charge in [0.2, 0.25) is 5.91 Å². The van der Waals surface area contributed by atoms with Crippen LogP contribution in [0.3, 0.4) is 0 Å². The number of halogens is 1. The first-order valence-electron chi connectivity index (χ1n) is 9.90. The average Bonchev–Trinajstić information content (AvgIpc) is 2.76. The van der Waals surface area contributed by atoms with E-state index in [2.05, 4.69) is 33.2 Å². The summed E-state index contributed by atoms with van der Waals surface area (Å²) in [7, 11) is 1.27. The lowest BCUT2D eigenvalue weighted by Crippen LogP contribution is -2.54. The van der Waals surface area contributed by atoms with E-state index in [0.717, 1.165) is 14.7 Å². The lowest BCUT2D eigenvalue weighted by Gasteiger charge is -2.24. The number of ether oxygens (including phenoxy) is 2. The highest BCUT2D eigenvalue weighted by atomic mass is 127. The molecule has 0 saturated carbocycles. The van der Waals surface area contributed by atoms with Gasteiger partial charge in [-0.25, -0.2) is 9.59 Å². The van der Waals surface area contributed by atoms with Crippen molar-refractivity contribution in [2.75, 3.05) is 7.11 Å². The third-order valence-electron chi connectivity index (χ3n) is 4.62. The molecule has 8 heteroatoms. The fourth-order valence-electron chi connectivity index (χ4n) is 2.91. The SMILES string of the molecule is COC(=O)[C@H](Cc1ccccc1I)NC(=O)[C@@H](NC(=O)OCc1ccccc1)C(C)C. The molecule has 0 aromatic heterocycles. The van der Waals surface area contributed by atoms with Gasteiger partial charge in [0.05, 0.1) is 7.11 Å². The van der Waals surface area contributed by atoms with Gasteiger partial charge in [0.15, 0.2) is 0 Å². The number of amides is 2. The van der Waals surface area contributed by atoms with Crippen molar-refractivity contribution in [1.82, 2.24) is 10.6 Å². The molecule has 0 saturated heterocycles. The maximum atomic E-state index is 12.9. The van der Waals surface area contributed by atoms with E-state index in [0.29, 0.717) is 0 Å². The van der Waals surface area contributed by atoms with Crippen molar-refractivity contribution < 1.29 is 23.9 Å². The summed E-state index contributed by atoms with van der Waals surface area (Å²) in [5, 5.41) is 5.31. The number of alkyl carbamates (subject to hydrolysis) is 1. The molecule has 0 spiro atoms. The van der Waals surface area contributed by atoms with Gasteiger partial charge in [-0.3, -0.25) is 4.79 Å². The van der Waals surface area contributed by atoms with Crippen molar-refractivity contribution in [1.29, 1.82) is 0 Å². The lowest BCUT2D eigenvalue weighted by atomic mass is 10.0. The molecule has 0 fully saturated rings. The molecule has 2 atom stereocenters. The van der Waals surface area contributed by atoms with Crippen LogP contribution >= 0.6 is 22.6 Å². The van der Waals surface area contributed by atoms with Gasteiger partial charge in [-0.2, -0.15) is 0 Å². The van der Waals surface area contributed by atoms with Crippen molar-refractivity contribution in [3.63, 3.8) is 0 Å². The zero-order valence-corrected chi connectivity index (χ0v) is 19.9. The third-order valence-corrected chi connectivity index (χ3v) is 5.67. The number of carbonyl (C=O) groups is 3. The Balaban J connectivity index is 2.03. The van der Waals surface area contributed by atoms with Gasteiger partial charge in [0, 0.05) is 9.99 Å². The normalized spacial score (nSPS) is 12.5. The summed E-state index contributed by atoms with van der Waals surface area (Å²) in [6.07, 6.45) is -0.425. The van der Waals surface area contributed by atoms with Crippen LogP contribution in [-0.4, -0.2) is 37.2 Å². The van der Waals surface area contributed by atoms with Crippen molar-refractivity contribution in [2.45, 2.75) is 39.0 Å². The van der Waals surface area contributed by atoms with Crippen LogP contribution in [0.4, 0.5) is 4.79 Å². The number of nitrogens with one attached hydrogen (secondary N) is 2. The smallest absolute Gasteiger partial charge is 0.408 e. The number of hydrogen-bond donors (Lipinski definition) is 2. The van der Waals surface area contributed by atoms with Crippen LogP contribution in [0.15, 0.2) is 54.6 Å². The summed E-state index contributed by atoms with van der Waals surface area (Å²) in [6.45, 7) is 3.69. The maximum absolute atomic E-state index is 12.9. The highest BCUT2D eigenvalue weighted by Gasteiger charge is 2.30. The van der Waals surface area contributed by atoms with Gasteiger partial charge in [0.25, 0.3) is 0 Å². The molecule has 0 bridgehead atoms. The quantitative estimate of drug-likeness (QED) is 0.377. The summed E-state index contributed by atoms with van der Waals surface area (Å²) in [5.74, 6) is -1.26. The molecule has 2 aromatic carbocycles. The molecule has 0 aliphatic carbocycles. The number of hydrogen-bond acceptors (Lipinski definition) is 5. The van der Waals surface area contributed by atoms with Crippen LogP contribution in [0.1, 0.15) is 25.0 Å². The zero-order chi connectivity index (χ0) is 22.8. The van der Waals surface area contributed by atoms with Crippen LogP contribution in [0.5, 0.6) is 0 Å². The molecule has 0 aliphatic rings. The number of benzene rings is 2. The lowest BCUT2D eigenvalue weighted by molar-refractivity contribution is -0.145. The molecular weight excluding hydrogens is 511 g/mol. The van der Waals surface area contributed by atoms with E-state index >= 15 is 0 Å². The van der Waals surface area contributed by atoms with E-state index in [1.807, 2.05) is 54.6 Å². The molecule has 166 valence electrons. The molecule has 0 radical (unpaired) electrons. The van der Waals surface area contributed by atoms with E-state index in [9.17, 15) is 14.4 Å². The van der Waals surface area contributed by atoms with E-state index in [1.165, 1.54) is 7.11 Å². The summed E-state index contributed by atoms with van der Waals surface area (Å²) in [4.78, 5) is 37.4. The molecular formula is C23H27IN2O5. The van der Waals surface area contributed by atoms with Crippen molar-refractivity contribution >= 4 is 40.6 Å². The minimum absolute atomic E-state index is 0.0936. The molecule has 0 aliphatic heterocycles. The fourth-order valence-corrected chi connectivity index (χ4v) is 3.52. The molecule has 0 unspecified atom stereocenters. The number of esters is 1. The molecule has 0 heterocycles. The largest absolute Gasteiger partial charge is 0.467 e. The van der Waals surface area contributed by atoms with Crippen molar-refractivity contribution in [2.24, 2.45) is 5.92 Å². The van der Waals surface area contributed by atoms with Crippen LogP contribution < -0.4 is 10.6 Å². The minimum atomic E-state index is -0.878. The first-order chi connectivity index (χ1) is 14.8. The Morgan fingerprint density at radius 1 is 0.968 bits per heavy atom. The number of rotatable bonds is 9. The van der Waals surface area contributed by atoms with Gasteiger partial charge < -0.3 is 20.1 Å². The topological polar surface area (TPSA) is 93.7 Å². The molecule has 7 nitrogen and oxygen atoms in total. The first kappa shape index (κ1) is 24.6. The van der Waals surface area contributed by atoms with Crippen LogP contribution in [0, 0.1) is 9.49 Å². The third kappa shape index (κ3) is 7.86. The molecule has 2 N–H and O–H groups in total. The predicted octanol–water partition coefficient (Wildman–Crippen LogP) is 3.44. The van der Waals surface area contributed by atoms with Crippen LogP contribution in [-0.2, 0) is 32.1 Å². The Kier molecular flexibility index (Phi) is 9.77. The Morgan fingerprint density at radius 3 is 2.23 bits per heavy atom. The Labute approximate surface area is 196 Å². The Bertz CT molecular complexity index is 889. The summed E-state index contributed by atoms with van der Waals surface area (Å²) in [5.41, 5.74) is 1.75. The summed E-state index contributed by atoms with van der Waals surface area (Å²) < 4.78 is 11.1. The van der Waals surface area contributed by atoms with Gasteiger partial charge in [-0.05, 0) is 45.7 Å². The average molecular weight is 538 g/mol. The Morgan fingerprint density at radius 2 is 1.61 bits per heavy atom. The molecule has 2 rings (SSSR count). The zero-order valence-electron chi connectivity index (χ0n) is 17.8. The first-order valence-corrected chi connectivity index (χ1v) is 11.0.